The summed E-state index contributed by atoms with van der Waals surface area (Å²) < 4.78 is 1.93. The Hall–Kier alpha value is -2.66. The molecule has 0 spiro atoms. The maximum absolute atomic E-state index is 11.9. The van der Waals surface area contributed by atoms with Crippen LogP contribution in [0.1, 0.15) is 43.9 Å². The fourth-order valence-electron chi connectivity index (χ4n) is 3.25. The van der Waals surface area contributed by atoms with Crippen molar-refractivity contribution in [3.63, 3.8) is 0 Å². The molecule has 1 unspecified atom stereocenters. The summed E-state index contributed by atoms with van der Waals surface area (Å²) in [5, 5.41) is 14.5. The number of carbonyl (C=O) groups excluding carboxylic acids is 1. The van der Waals surface area contributed by atoms with Crippen molar-refractivity contribution >= 4 is 16.8 Å². The summed E-state index contributed by atoms with van der Waals surface area (Å²) in [5.41, 5.74) is 2.14. The van der Waals surface area contributed by atoms with E-state index in [0.29, 0.717) is 19.4 Å². The highest BCUT2D eigenvalue weighted by molar-refractivity contribution is 5.80. The third kappa shape index (κ3) is 5.66. The molecule has 142 valence electrons. The minimum absolute atomic E-state index is 0.0812. The van der Waals surface area contributed by atoms with E-state index in [4.69, 9.17) is 0 Å². The molecular weight excluding hydrogens is 338 g/mol. The van der Waals surface area contributed by atoms with Crippen LogP contribution in [-0.4, -0.2) is 27.1 Å². The number of hydrogen-bond acceptors (Lipinski definition) is 3. The summed E-state index contributed by atoms with van der Waals surface area (Å²) >= 11 is 0. The molecule has 0 aliphatic heterocycles. The van der Waals surface area contributed by atoms with Gasteiger partial charge in [0.2, 0.25) is 5.91 Å². The Labute approximate surface area is 160 Å². The average molecular weight is 365 g/mol. The van der Waals surface area contributed by atoms with E-state index >= 15 is 0 Å². The number of aryl methyl sites for hydroxylation is 1. The summed E-state index contributed by atoms with van der Waals surface area (Å²) in [5.74, 6) is 0.0812. The van der Waals surface area contributed by atoms with Gasteiger partial charge in [0.1, 0.15) is 6.23 Å². The number of pyridine rings is 1. The van der Waals surface area contributed by atoms with Gasteiger partial charge in [0.15, 0.2) is 0 Å². The van der Waals surface area contributed by atoms with Crippen molar-refractivity contribution in [2.45, 2.75) is 44.8 Å². The Morgan fingerprint density at radius 2 is 2.00 bits per heavy atom. The quantitative estimate of drug-likeness (QED) is 0.537. The first-order valence-corrected chi connectivity index (χ1v) is 9.63. The van der Waals surface area contributed by atoms with Crippen molar-refractivity contribution in [2.24, 2.45) is 0 Å². The average Bonchev–Trinajstić information content (AvgIpc) is 3.14. The molecule has 2 aromatic heterocycles. The van der Waals surface area contributed by atoms with Crippen LogP contribution in [0.4, 0.5) is 0 Å². The van der Waals surface area contributed by atoms with E-state index in [0.717, 1.165) is 42.1 Å². The fraction of sp³-hybridized carbons (Fsp3) is 0.364. The van der Waals surface area contributed by atoms with Crippen molar-refractivity contribution in [3.8, 4) is 0 Å². The summed E-state index contributed by atoms with van der Waals surface area (Å²) in [4.78, 5) is 15.9. The SMILES string of the molecule is O=C(CCc1cccnc1)NCCCCCC(O)n1ccc2ccccc21. The van der Waals surface area contributed by atoms with Crippen LogP contribution in [0.3, 0.4) is 0 Å². The van der Waals surface area contributed by atoms with Crippen LogP contribution in [0, 0.1) is 0 Å². The highest BCUT2D eigenvalue weighted by Gasteiger charge is 2.09. The molecule has 5 heteroatoms. The molecule has 2 N–H and O–H groups in total. The van der Waals surface area contributed by atoms with Gasteiger partial charge >= 0.3 is 0 Å². The van der Waals surface area contributed by atoms with Crippen LogP contribution in [-0.2, 0) is 11.2 Å². The number of rotatable bonds is 10. The number of unbranched alkanes of at least 4 members (excludes halogenated alkanes) is 2. The Kier molecular flexibility index (Phi) is 6.99. The number of aliphatic hydroxyl groups is 1. The number of para-hydroxylation sites is 1. The Morgan fingerprint density at radius 3 is 2.85 bits per heavy atom. The van der Waals surface area contributed by atoms with E-state index in [1.807, 2.05) is 47.2 Å². The summed E-state index contributed by atoms with van der Waals surface area (Å²) in [6, 6.07) is 14.0. The smallest absolute Gasteiger partial charge is 0.220 e. The standard InChI is InChI=1S/C22H27N3O2/c26-21(12-11-18-7-6-14-23-17-18)24-15-5-1-2-10-22(27)25-16-13-19-8-3-4-9-20(19)25/h3-4,6-9,13-14,16-17,22,27H,1-2,5,10-12,15H2,(H,24,26). The van der Waals surface area contributed by atoms with Gasteiger partial charge in [0, 0.05) is 31.6 Å². The molecule has 2 heterocycles. The van der Waals surface area contributed by atoms with Crippen molar-refractivity contribution in [1.82, 2.24) is 14.9 Å². The van der Waals surface area contributed by atoms with Crippen molar-refractivity contribution in [3.05, 3.63) is 66.6 Å². The third-order valence-corrected chi connectivity index (χ3v) is 4.78. The zero-order valence-corrected chi connectivity index (χ0v) is 15.6. The number of nitrogens with zero attached hydrogens (tertiary/aromatic N) is 2. The van der Waals surface area contributed by atoms with Gasteiger partial charge < -0.3 is 15.0 Å². The normalized spacial score (nSPS) is 12.2. The number of amides is 1. The fourth-order valence-corrected chi connectivity index (χ4v) is 3.25. The van der Waals surface area contributed by atoms with E-state index in [-0.39, 0.29) is 5.91 Å². The minimum Gasteiger partial charge on any atom is -0.373 e. The molecule has 0 radical (unpaired) electrons. The summed E-state index contributed by atoms with van der Waals surface area (Å²) in [7, 11) is 0. The lowest BCUT2D eigenvalue weighted by Gasteiger charge is -2.14. The Bertz CT molecular complexity index is 845. The maximum Gasteiger partial charge on any atom is 0.220 e. The lowest BCUT2D eigenvalue weighted by atomic mass is 10.1. The van der Waals surface area contributed by atoms with Crippen LogP contribution in [0.2, 0.25) is 0 Å². The molecule has 0 aliphatic carbocycles. The monoisotopic (exact) mass is 365 g/mol. The highest BCUT2D eigenvalue weighted by atomic mass is 16.3. The van der Waals surface area contributed by atoms with Crippen molar-refractivity contribution in [1.29, 1.82) is 0 Å². The number of nitrogens with one attached hydrogen (secondary N) is 1. The van der Waals surface area contributed by atoms with Crippen molar-refractivity contribution < 1.29 is 9.90 Å². The molecule has 1 atom stereocenters. The summed E-state index contributed by atoms with van der Waals surface area (Å²) in [6.07, 6.45) is 9.74. The van der Waals surface area contributed by atoms with Crippen LogP contribution in [0.5, 0.6) is 0 Å². The predicted octanol–water partition coefficient (Wildman–Crippen LogP) is 3.84. The molecule has 0 saturated carbocycles. The topological polar surface area (TPSA) is 67.2 Å². The number of carbonyl (C=O) groups is 1. The molecule has 0 fully saturated rings. The van der Waals surface area contributed by atoms with E-state index in [2.05, 4.69) is 16.4 Å². The highest BCUT2D eigenvalue weighted by Crippen LogP contribution is 2.21. The van der Waals surface area contributed by atoms with E-state index < -0.39 is 6.23 Å². The number of fused-ring (bicyclic) bond motifs is 1. The molecule has 0 bridgehead atoms. The predicted molar refractivity (Wildman–Crippen MR) is 107 cm³/mol. The first-order valence-electron chi connectivity index (χ1n) is 9.63. The number of benzene rings is 1. The molecule has 1 amide bonds. The number of aromatic nitrogens is 2. The van der Waals surface area contributed by atoms with Gasteiger partial charge in [-0.25, -0.2) is 0 Å². The van der Waals surface area contributed by atoms with Crippen LogP contribution >= 0.6 is 0 Å². The third-order valence-electron chi connectivity index (χ3n) is 4.78. The van der Waals surface area contributed by atoms with Gasteiger partial charge in [0.25, 0.3) is 0 Å². The van der Waals surface area contributed by atoms with Gasteiger partial charge in [0.05, 0.1) is 5.52 Å². The van der Waals surface area contributed by atoms with Crippen LogP contribution in [0.25, 0.3) is 10.9 Å². The molecule has 27 heavy (non-hydrogen) atoms. The zero-order chi connectivity index (χ0) is 18.9. The first-order chi connectivity index (χ1) is 13.2. The minimum atomic E-state index is -0.501. The van der Waals surface area contributed by atoms with Crippen LogP contribution in [0.15, 0.2) is 61.1 Å². The van der Waals surface area contributed by atoms with Crippen LogP contribution < -0.4 is 5.32 Å². The second kappa shape index (κ2) is 9.88. The van der Waals surface area contributed by atoms with Gasteiger partial charge in [-0.15, -0.1) is 0 Å². The molecule has 3 rings (SSSR count). The lowest BCUT2D eigenvalue weighted by molar-refractivity contribution is -0.121. The summed E-state index contributed by atoms with van der Waals surface area (Å²) in [6.45, 7) is 0.689. The molecule has 5 nitrogen and oxygen atoms in total. The Balaban J connectivity index is 1.28. The van der Waals surface area contributed by atoms with Gasteiger partial charge in [-0.3, -0.25) is 9.78 Å². The molecule has 3 aromatic rings. The number of hydrogen-bond donors (Lipinski definition) is 2. The van der Waals surface area contributed by atoms with Gasteiger partial charge in [-0.2, -0.15) is 0 Å². The van der Waals surface area contributed by atoms with Crippen molar-refractivity contribution in [2.75, 3.05) is 6.54 Å². The molecular formula is C22H27N3O2. The van der Waals surface area contributed by atoms with E-state index in [1.165, 1.54) is 0 Å². The lowest BCUT2D eigenvalue weighted by Crippen LogP contribution is -2.24. The number of aliphatic hydroxyl groups excluding tert-OH is 1. The van der Waals surface area contributed by atoms with E-state index in [9.17, 15) is 9.90 Å². The second-order valence-electron chi connectivity index (χ2n) is 6.82. The second-order valence-corrected chi connectivity index (χ2v) is 6.82. The van der Waals surface area contributed by atoms with Gasteiger partial charge in [-0.1, -0.05) is 30.7 Å². The molecule has 0 saturated heterocycles. The Morgan fingerprint density at radius 1 is 1.11 bits per heavy atom. The molecule has 0 aliphatic rings. The zero-order valence-electron chi connectivity index (χ0n) is 15.6. The maximum atomic E-state index is 11.9. The first kappa shape index (κ1) is 19.1. The molecule has 1 aromatic carbocycles. The van der Waals surface area contributed by atoms with E-state index in [1.54, 1.807) is 12.4 Å². The largest absolute Gasteiger partial charge is 0.373 e. The van der Waals surface area contributed by atoms with Gasteiger partial charge in [-0.05, 0) is 54.8 Å².